The molecule has 118 valence electrons. The van der Waals surface area contributed by atoms with Crippen LogP contribution in [0.2, 0.25) is 0 Å². The third-order valence-electron chi connectivity index (χ3n) is 4.09. The number of carboxylic acid groups (broad SMARTS) is 1. The predicted molar refractivity (Wildman–Crippen MR) is 84.1 cm³/mol. The third kappa shape index (κ3) is 3.75. The minimum Gasteiger partial charge on any atom is -0.550 e. The average Bonchev–Trinajstić information content (AvgIpc) is 2.46. The third-order valence-corrected chi connectivity index (χ3v) is 4.09. The standard InChI is InChI=1S/C18H23NO3/c1-18(2,3)12-8-10-13(11-9-12)19-16(20)14-6-4-5-7-15(14)17(21)22/h4-5,8-11,14-15H,6-7H2,1-3H3,(H,19,20)(H,21,22)/p-1/t14-,15-/m1/s1. The fourth-order valence-corrected chi connectivity index (χ4v) is 2.65. The number of aliphatic carboxylic acids is 1. The average molecular weight is 300 g/mol. The van der Waals surface area contributed by atoms with Crippen LogP contribution in [0.4, 0.5) is 5.69 Å². The summed E-state index contributed by atoms with van der Waals surface area (Å²) in [7, 11) is 0. The summed E-state index contributed by atoms with van der Waals surface area (Å²) in [6, 6.07) is 7.66. The molecule has 2 rings (SSSR count). The van der Waals surface area contributed by atoms with Crippen LogP contribution in [0.15, 0.2) is 36.4 Å². The number of carbonyl (C=O) groups is 2. The minimum absolute atomic E-state index is 0.0524. The number of anilines is 1. The molecule has 0 bridgehead atoms. The summed E-state index contributed by atoms with van der Waals surface area (Å²) in [5.74, 6) is -2.74. The van der Waals surface area contributed by atoms with Gasteiger partial charge in [0.05, 0.1) is 5.92 Å². The van der Waals surface area contributed by atoms with E-state index in [1.807, 2.05) is 30.3 Å². The van der Waals surface area contributed by atoms with Crippen molar-refractivity contribution in [2.24, 2.45) is 11.8 Å². The van der Waals surface area contributed by atoms with Gasteiger partial charge in [-0.25, -0.2) is 0 Å². The van der Waals surface area contributed by atoms with Gasteiger partial charge in [0.2, 0.25) is 5.91 Å². The van der Waals surface area contributed by atoms with Crippen molar-refractivity contribution in [2.45, 2.75) is 39.0 Å². The minimum atomic E-state index is -1.16. The lowest BCUT2D eigenvalue weighted by molar-refractivity contribution is -0.313. The Morgan fingerprint density at radius 1 is 1.05 bits per heavy atom. The Kier molecular flexibility index (Phi) is 4.69. The molecular formula is C18H22NO3-. The van der Waals surface area contributed by atoms with E-state index in [0.29, 0.717) is 18.5 Å². The lowest BCUT2D eigenvalue weighted by Gasteiger charge is -2.28. The van der Waals surface area contributed by atoms with Crippen LogP contribution >= 0.6 is 0 Å². The highest BCUT2D eigenvalue weighted by Crippen LogP contribution is 2.27. The molecule has 1 aromatic rings. The topological polar surface area (TPSA) is 69.2 Å². The molecule has 0 spiro atoms. The molecule has 0 saturated carbocycles. The first-order valence-corrected chi connectivity index (χ1v) is 7.56. The Hall–Kier alpha value is -2.10. The van der Waals surface area contributed by atoms with E-state index in [2.05, 4.69) is 26.1 Å². The molecule has 0 radical (unpaired) electrons. The number of carbonyl (C=O) groups excluding carboxylic acids is 2. The monoisotopic (exact) mass is 300 g/mol. The van der Waals surface area contributed by atoms with Gasteiger partial charge in [-0.2, -0.15) is 0 Å². The van der Waals surface area contributed by atoms with Gasteiger partial charge in [-0.15, -0.1) is 0 Å². The number of hydrogen-bond acceptors (Lipinski definition) is 3. The van der Waals surface area contributed by atoms with E-state index in [1.165, 1.54) is 5.56 Å². The van der Waals surface area contributed by atoms with Crippen molar-refractivity contribution in [1.82, 2.24) is 0 Å². The van der Waals surface area contributed by atoms with Gasteiger partial charge in [-0.3, -0.25) is 4.79 Å². The highest BCUT2D eigenvalue weighted by Gasteiger charge is 2.29. The molecule has 0 heterocycles. The van der Waals surface area contributed by atoms with Crippen LogP contribution in [0, 0.1) is 11.8 Å². The summed E-state index contributed by atoms with van der Waals surface area (Å²) < 4.78 is 0. The van der Waals surface area contributed by atoms with E-state index in [0.717, 1.165) is 0 Å². The second-order valence-corrected chi connectivity index (χ2v) is 6.79. The molecule has 22 heavy (non-hydrogen) atoms. The lowest BCUT2D eigenvalue weighted by atomic mass is 9.82. The predicted octanol–water partition coefficient (Wildman–Crippen LogP) is 2.25. The Labute approximate surface area is 131 Å². The van der Waals surface area contributed by atoms with Crippen LogP contribution in [0.5, 0.6) is 0 Å². The van der Waals surface area contributed by atoms with Gasteiger partial charge in [-0.1, -0.05) is 45.1 Å². The largest absolute Gasteiger partial charge is 0.550 e. The maximum Gasteiger partial charge on any atom is 0.228 e. The highest BCUT2D eigenvalue weighted by atomic mass is 16.4. The van der Waals surface area contributed by atoms with E-state index < -0.39 is 17.8 Å². The molecule has 4 heteroatoms. The van der Waals surface area contributed by atoms with Crippen molar-refractivity contribution < 1.29 is 14.7 Å². The molecule has 1 N–H and O–H groups in total. The molecule has 2 atom stereocenters. The number of carboxylic acids is 1. The second kappa shape index (κ2) is 6.34. The molecule has 0 saturated heterocycles. The second-order valence-electron chi connectivity index (χ2n) is 6.79. The van der Waals surface area contributed by atoms with Crippen LogP contribution in [0.1, 0.15) is 39.2 Å². The number of rotatable bonds is 3. The fraction of sp³-hybridized carbons (Fsp3) is 0.444. The number of nitrogens with one attached hydrogen (secondary N) is 1. The molecule has 1 aromatic carbocycles. The van der Waals surface area contributed by atoms with Crippen molar-refractivity contribution in [3.8, 4) is 0 Å². The van der Waals surface area contributed by atoms with E-state index in [4.69, 9.17) is 0 Å². The maximum absolute atomic E-state index is 12.3. The van der Waals surface area contributed by atoms with Crippen molar-refractivity contribution >= 4 is 17.6 Å². The van der Waals surface area contributed by atoms with Gasteiger partial charge < -0.3 is 15.2 Å². The zero-order chi connectivity index (χ0) is 16.3. The number of amides is 1. The first-order valence-electron chi connectivity index (χ1n) is 7.56. The normalized spacial score (nSPS) is 21.4. The van der Waals surface area contributed by atoms with Crippen molar-refractivity contribution in [3.63, 3.8) is 0 Å². The van der Waals surface area contributed by atoms with Crippen LogP contribution < -0.4 is 10.4 Å². The smallest absolute Gasteiger partial charge is 0.228 e. The Balaban J connectivity index is 2.08. The van der Waals surface area contributed by atoms with Crippen molar-refractivity contribution in [3.05, 3.63) is 42.0 Å². The molecule has 0 aliphatic heterocycles. The van der Waals surface area contributed by atoms with Gasteiger partial charge in [-0.05, 0) is 36.0 Å². The van der Waals surface area contributed by atoms with Crippen LogP contribution in [-0.4, -0.2) is 11.9 Å². The van der Waals surface area contributed by atoms with Gasteiger partial charge in [0.1, 0.15) is 0 Å². The quantitative estimate of drug-likeness (QED) is 0.870. The van der Waals surface area contributed by atoms with E-state index in [-0.39, 0.29) is 11.3 Å². The SMILES string of the molecule is CC(C)(C)c1ccc(NC(=O)[C@@H]2CC=CC[C@H]2C(=O)[O-])cc1. The fourth-order valence-electron chi connectivity index (χ4n) is 2.65. The lowest BCUT2D eigenvalue weighted by Crippen LogP contribution is -2.41. The van der Waals surface area contributed by atoms with Crippen molar-refractivity contribution in [2.75, 3.05) is 5.32 Å². The summed E-state index contributed by atoms with van der Waals surface area (Å²) in [4.78, 5) is 23.5. The Morgan fingerprint density at radius 2 is 1.59 bits per heavy atom. The van der Waals surface area contributed by atoms with E-state index >= 15 is 0 Å². The molecule has 1 aliphatic carbocycles. The number of benzene rings is 1. The van der Waals surface area contributed by atoms with E-state index in [1.54, 1.807) is 6.08 Å². The summed E-state index contributed by atoms with van der Waals surface area (Å²) >= 11 is 0. The molecular weight excluding hydrogens is 278 g/mol. The van der Waals surface area contributed by atoms with Gasteiger partial charge >= 0.3 is 0 Å². The highest BCUT2D eigenvalue weighted by molar-refractivity contribution is 5.95. The first-order chi connectivity index (χ1) is 10.3. The van der Waals surface area contributed by atoms with Crippen LogP contribution in [0.3, 0.4) is 0 Å². The summed E-state index contributed by atoms with van der Waals surface area (Å²) in [6.45, 7) is 6.37. The number of hydrogen-bond donors (Lipinski definition) is 1. The molecule has 1 aliphatic rings. The van der Waals surface area contributed by atoms with Crippen LogP contribution in [0.25, 0.3) is 0 Å². The van der Waals surface area contributed by atoms with Crippen LogP contribution in [-0.2, 0) is 15.0 Å². The van der Waals surface area contributed by atoms with E-state index in [9.17, 15) is 14.7 Å². The molecule has 0 fully saturated rings. The van der Waals surface area contributed by atoms with Gasteiger partial charge in [0, 0.05) is 17.6 Å². The maximum atomic E-state index is 12.3. The molecule has 1 amide bonds. The van der Waals surface area contributed by atoms with Gasteiger partial charge in [0.15, 0.2) is 0 Å². The molecule has 4 nitrogen and oxygen atoms in total. The summed E-state index contributed by atoms with van der Waals surface area (Å²) in [6.07, 6.45) is 4.43. The first kappa shape index (κ1) is 16.3. The summed E-state index contributed by atoms with van der Waals surface area (Å²) in [5, 5.41) is 14.0. The molecule has 0 aromatic heterocycles. The van der Waals surface area contributed by atoms with Crippen molar-refractivity contribution in [1.29, 1.82) is 0 Å². The zero-order valence-electron chi connectivity index (χ0n) is 13.3. The number of allylic oxidation sites excluding steroid dienone is 2. The Morgan fingerprint density at radius 3 is 2.09 bits per heavy atom. The zero-order valence-corrected chi connectivity index (χ0v) is 13.3. The van der Waals surface area contributed by atoms with Gasteiger partial charge in [0.25, 0.3) is 0 Å². The molecule has 0 unspecified atom stereocenters. The Bertz CT molecular complexity index is 581. The summed E-state index contributed by atoms with van der Waals surface area (Å²) in [5.41, 5.74) is 1.92.